The lowest BCUT2D eigenvalue weighted by Crippen LogP contribution is -2.59. The van der Waals surface area contributed by atoms with E-state index in [2.05, 4.69) is 5.32 Å². The summed E-state index contributed by atoms with van der Waals surface area (Å²) in [6.45, 7) is 2.61. The number of hydrogen-bond acceptors (Lipinski definition) is 3. The molecule has 0 aliphatic carbocycles. The van der Waals surface area contributed by atoms with Crippen LogP contribution in [0, 0.1) is 11.3 Å². The van der Waals surface area contributed by atoms with E-state index in [0.717, 1.165) is 0 Å². The Labute approximate surface area is 111 Å². The number of carbonyl (C=O) groups is 1. The van der Waals surface area contributed by atoms with E-state index in [0.29, 0.717) is 17.3 Å². The van der Waals surface area contributed by atoms with Crippen LogP contribution in [0.5, 0.6) is 0 Å². The molecule has 2 rings (SSSR count). The molecule has 1 aromatic carbocycles. The number of para-hydroxylation sites is 1. The van der Waals surface area contributed by atoms with Crippen LogP contribution in [0.4, 0.5) is 5.69 Å². The first kappa shape index (κ1) is 12.9. The average Bonchev–Trinajstić information content (AvgIpc) is 2.35. The van der Waals surface area contributed by atoms with E-state index in [1.807, 2.05) is 31.2 Å². The van der Waals surface area contributed by atoms with Crippen molar-refractivity contribution in [1.82, 2.24) is 5.32 Å². The lowest BCUT2D eigenvalue weighted by Gasteiger charge is -2.38. The monoisotopic (exact) mass is 263 g/mol. The molecule has 1 amide bonds. The Bertz CT molecular complexity index is 497. The van der Waals surface area contributed by atoms with Crippen LogP contribution < -0.4 is 10.2 Å². The molecule has 1 aliphatic rings. The topological polar surface area (TPSA) is 56.1 Å². The molecule has 2 unspecified atom stereocenters. The molecule has 4 nitrogen and oxygen atoms in total. The van der Waals surface area contributed by atoms with Gasteiger partial charge in [-0.05, 0) is 19.1 Å². The van der Waals surface area contributed by atoms with Gasteiger partial charge in [0.1, 0.15) is 6.04 Å². The molecular weight excluding hydrogens is 250 g/mol. The summed E-state index contributed by atoms with van der Waals surface area (Å²) < 4.78 is 0. The van der Waals surface area contributed by atoms with Crippen molar-refractivity contribution in [3.05, 3.63) is 29.3 Å². The molecule has 1 saturated heterocycles. The summed E-state index contributed by atoms with van der Waals surface area (Å²) in [6, 6.07) is 8.87. The van der Waals surface area contributed by atoms with Gasteiger partial charge in [0.05, 0.1) is 23.2 Å². The summed E-state index contributed by atoms with van der Waals surface area (Å²) in [5.41, 5.74) is 0.709. The highest BCUT2D eigenvalue weighted by molar-refractivity contribution is 6.33. The summed E-state index contributed by atoms with van der Waals surface area (Å²) in [5, 5.41) is 12.4. The van der Waals surface area contributed by atoms with Crippen molar-refractivity contribution in [2.24, 2.45) is 0 Å². The van der Waals surface area contributed by atoms with Crippen molar-refractivity contribution in [2.75, 3.05) is 11.4 Å². The van der Waals surface area contributed by atoms with Gasteiger partial charge in [-0.3, -0.25) is 4.79 Å². The van der Waals surface area contributed by atoms with Crippen LogP contribution >= 0.6 is 11.6 Å². The Morgan fingerprint density at radius 1 is 1.56 bits per heavy atom. The standard InChI is InChI=1S/C13H14ClN3O/c1-9-8-16-11(6-7-15)13(18)17(9)12-5-3-2-4-10(12)14/h2-5,9,11,16H,6,8H2,1H3. The van der Waals surface area contributed by atoms with E-state index < -0.39 is 6.04 Å². The second kappa shape index (κ2) is 5.38. The number of halogens is 1. The zero-order valence-corrected chi connectivity index (χ0v) is 10.8. The Kier molecular flexibility index (Phi) is 3.85. The van der Waals surface area contributed by atoms with E-state index in [1.165, 1.54) is 0 Å². The van der Waals surface area contributed by atoms with Gasteiger partial charge < -0.3 is 10.2 Å². The number of benzene rings is 1. The minimum Gasteiger partial charge on any atom is -0.305 e. The summed E-state index contributed by atoms with van der Waals surface area (Å²) in [6.07, 6.45) is 0.173. The number of nitriles is 1. The lowest BCUT2D eigenvalue weighted by molar-refractivity contribution is -0.122. The molecule has 94 valence electrons. The molecule has 5 heteroatoms. The number of piperazine rings is 1. The van der Waals surface area contributed by atoms with Crippen molar-refractivity contribution >= 4 is 23.2 Å². The minimum atomic E-state index is -0.442. The number of amides is 1. The van der Waals surface area contributed by atoms with Crippen LogP contribution in [0.15, 0.2) is 24.3 Å². The molecule has 1 fully saturated rings. The molecule has 1 aliphatic heterocycles. The summed E-state index contributed by atoms with van der Waals surface area (Å²) >= 11 is 6.13. The lowest BCUT2D eigenvalue weighted by atomic mass is 10.1. The first-order chi connectivity index (χ1) is 8.65. The third-order valence-corrected chi connectivity index (χ3v) is 3.36. The van der Waals surface area contributed by atoms with Gasteiger partial charge in [-0.2, -0.15) is 5.26 Å². The molecule has 1 heterocycles. The third-order valence-electron chi connectivity index (χ3n) is 3.04. The van der Waals surface area contributed by atoms with Crippen LogP contribution in [0.25, 0.3) is 0 Å². The van der Waals surface area contributed by atoms with Gasteiger partial charge in [-0.25, -0.2) is 0 Å². The fourth-order valence-corrected chi connectivity index (χ4v) is 2.36. The first-order valence-corrected chi connectivity index (χ1v) is 6.21. The van der Waals surface area contributed by atoms with Crippen molar-refractivity contribution in [3.8, 4) is 6.07 Å². The predicted molar refractivity (Wildman–Crippen MR) is 70.4 cm³/mol. The number of rotatable bonds is 2. The highest BCUT2D eigenvalue weighted by Gasteiger charge is 2.34. The molecule has 0 radical (unpaired) electrons. The molecular formula is C13H14ClN3O. The highest BCUT2D eigenvalue weighted by atomic mass is 35.5. The van der Waals surface area contributed by atoms with Crippen molar-refractivity contribution in [2.45, 2.75) is 25.4 Å². The van der Waals surface area contributed by atoms with E-state index in [4.69, 9.17) is 16.9 Å². The Balaban J connectivity index is 2.33. The van der Waals surface area contributed by atoms with Gasteiger partial charge in [0.15, 0.2) is 0 Å². The van der Waals surface area contributed by atoms with Crippen molar-refractivity contribution in [1.29, 1.82) is 5.26 Å². The van der Waals surface area contributed by atoms with Crippen LogP contribution in [-0.4, -0.2) is 24.5 Å². The molecule has 0 saturated carbocycles. The highest BCUT2D eigenvalue weighted by Crippen LogP contribution is 2.29. The van der Waals surface area contributed by atoms with Gasteiger partial charge in [-0.15, -0.1) is 0 Å². The molecule has 1 N–H and O–H groups in total. The van der Waals surface area contributed by atoms with Crippen LogP contribution in [0.3, 0.4) is 0 Å². The second-order valence-electron chi connectivity index (χ2n) is 4.33. The first-order valence-electron chi connectivity index (χ1n) is 5.83. The number of hydrogen-bond donors (Lipinski definition) is 1. The normalized spacial score (nSPS) is 23.8. The van der Waals surface area contributed by atoms with Crippen molar-refractivity contribution in [3.63, 3.8) is 0 Å². The Morgan fingerprint density at radius 3 is 2.94 bits per heavy atom. The van der Waals surface area contributed by atoms with E-state index in [-0.39, 0.29) is 18.4 Å². The van der Waals surface area contributed by atoms with Crippen LogP contribution in [-0.2, 0) is 4.79 Å². The minimum absolute atomic E-state index is 0.0207. The van der Waals surface area contributed by atoms with Crippen LogP contribution in [0.2, 0.25) is 5.02 Å². The zero-order chi connectivity index (χ0) is 13.1. The van der Waals surface area contributed by atoms with E-state index in [1.54, 1.807) is 11.0 Å². The molecule has 0 aromatic heterocycles. The maximum absolute atomic E-state index is 12.3. The van der Waals surface area contributed by atoms with Crippen LogP contribution in [0.1, 0.15) is 13.3 Å². The van der Waals surface area contributed by atoms with Gasteiger partial charge in [-0.1, -0.05) is 23.7 Å². The van der Waals surface area contributed by atoms with Crippen molar-refractivity contribution < 1.29 is 4.79 Å². The number of anilines is 1. The Hall–Kier alpha value is -1.57. The molecule has 1 aromatic rings. The smallest absolute Gasteiger partial charge is 0.245 e. The van der Waals surface area contributed by atoms with Gasteiger partial charge in [0.2, 0.25) is 5.91 Å². The summed E-state index contributed by atoms with van der Waals surface area (Å²) in [4.78, 5) is 14.0. The van der Waals surface area contributed by atoms with Gasteiger partial charge in [0, 0.05) is 12.6 Å². The van der Waals surface area contributed by atoms with E-state index in [9.17, 15) is 4.79 Å². The SMILES string of the molecule is CC1CNC(CC#N)C(=O)N1c1ccccc1Cl. The summed E-state index contributed by atoms with van der Waals surface area (Å²) in [7, 11) is 0. The number of nitrogens with one attached hydrogen (secondary N) is 1. The number of carbonyl (C=O) groups excluding carboxylic acids is 1. The molecule has 2 atom stereocenters. The zero-order valence-electron chi connectivity index (χ0n) is 10.1. The molecule has 0 bridgehead atoms. The number of nitrogens with zero attached hydrogens (tertiary/aromatic N) is 2. The average molecular weight is 264 g/mol. The second-order valence-corrected chi connectivity index (χ2v) is 4.74. The van der Waals surface area contributed by atoms with Gasteiger partial charge >= 0.3 is 0 Å². The summed E-state index contributed by atoms with van der Waals surface area (Å²) in [5.74, 6) is -0.0941. The fourth-order valence-electron chi connectivity index (χ4n) is 2.13. The molecule has 0 spiro atoms. The fraction of sp³-hybridized carbons (Fsp3) is 0.385. The third kappa shape index (κ3) is 2.33. The quantitative estimate of drug-likeness (QED) is 0.887. The van der Waals surface area contributed by atoms with Gasteiger partial charge in [0.25, 0.3) is 0 Å². The molecule has 18 heavy (non-hydrogen) atoms. The largest absolute Gasteiger partial charge is 0.305 e. The maximum atomic E-state index is 12.3. The predicted octanol–water partition coefficient (Wildman–Crippen LogP) is 1.95. The Morgan fingerprint density at radius 2 is 2.28 bits per heavy atom. The maximum Gasteiger partial charge on any atom is 0.245 e. The van der Waals surface area contributed by atoms with E-state index >= 15 is 0 Å².